The smallest absolute Gasteiger partial charge is 0.318 e. The highest BCUT2D eigenvalue weighted by Crippen LogP contribution is 2.43. The Morgan fingerprint density at radius 3 is 2.42 bits per heavy atom. The van der Waals surface area contributed by atoms with Crippen LogP contribution in [-0.2, 0) is 11.2 Å². The number of aryl methyl sites for hydroxylation is 1. The summed E-state index contributed by atoms with van der Waals surface area (Å²) in [5.74, 6) is -0.180. The normalized spacial score (nSPS) is 15.0. The Bertz CT molecular complexity index is 1510. The molecule has 13 heteroatoms. The van der Waals surface area contributed by atoms with Crippen molar-refractivity contribution < 1.29 is 24.1 Å². The standard InChI is InChI=1S/C25H19BrN4O7S/c1-3-14-4-6-16(7-5-14)27-25-28-24(31)22(38-25)12-15-10-18(26)23(21(11-15)36-2)37-20-9-8-17(29(32)33)13-19(20)30(34)35/h4-13H,3H2,1-2H3,(H,27,28,31)/b22-12-. The SMILES string of the molecule is CCc1ccc(N=C2NC(=O)/C(=C/c3cc(Br)c(Oc4ccc([N+](=O)[O-])cc4[N+](=O)[O-])c(OC)c3)S2)cc1. The molecule has 38 heavy (non-hydrogen) atoms. The second kappa shape index (κ2) is 11.4. The number of aliphatic imine (C=N–C) groups is 1. The van der Waals surface area contributed by atoms with Crippen molar-refractivity contribution in [3.63, 3.8) is 0 Å². The van der Waals surface area contributed by atoms with E-state index in [4.69, 9.17) is 9.47 Å². The molecular formula is C25H19BrN4O7S. The number of benzene rings is 3. The molecule has 0 spiro atoms. The van der Waals surface area contributed by atoms with Crippen molar-refractivity contribution in [3.05, 3.63) is 95.3 Å². The number of amidine groups is 1. The number of nitro benzene ring substituents is 2. The Morgan fingerprint density at radius 1 is 1.05 bits per heavy atom. The zero-order valence-electron chi connectivity index (χ0n) is 20.0. The Hall–Kier alpha value is -4.23. The molecule has 194 valence electrons. The van der Waals surface area contributed by atoms with Gasteiger partial charge in [0.2, 0.25) is 5.75 Å². The molecule has 3 aromatic carbocycles. The van der Waals surface area contributed by atoms with Crippen molar-refractivity contribution in [1.82, 2.24) is 5.32 Å². The topological polar surface area (TPSA) is 146 Å². The molecule has 4 rings (SSSR count). The van der Waals surface area contributed by atoms with E-state index in [1.54, 1.807) is 18.2 Å². The van der Waals surface area contributed by atoms with E-state index in [0.717, 1.165) is 30.3 Å². The van der Waals surface area contributed by atoms with Gasteiger partial charge in [-0.05, 0) is 81.6 Å². The maximum atomic E-state index is 12.5. The fourth-order valence-electron chi connectivity index (χ4n) is 3.44. The lowest BCUT2D eigenvalue weighted by molar-refractivity contribution is -0.394. The summed E-state index contributed by atoms with van der Waals surface area (Å²) in [4.78, 5) is 38.4. The Balaban J connectivity index is 1.61. The van der Waals surface area contributed by atoms with Gasteiger partial charge in [-0.2, -0.15) is 0 Å². The molecule has 0 aromatic heterocycles. The van der Waals surface area contributed by atoms with Crippen molar-refractivity contribution in [2.24, 2.45) is 4.99 Å². The van der Waals surface area contributed by atoms with Crippen LogP contribution in [0.4, 0.5) is 17.1 Å². The van der Waals surface area contributed by atoms with E-state index in [1.165, 1.54) is 24.4 Å². The second-order valence-electron chi connectivity index (χ2n) is 7.80. The van der Waals surface area contributed by atoms with Crippen LogP contribution in [0.25, 0.3) is 6.08 Å². The van der Waals surface area contributed by atoms with E-state index in [1.807, 2.05) is 24.3 Å². The average molecular weight is 599 g/mol. The largest absolute Gasteiger partial charge is 0.493 e. The molecule has 0 bridgehead atoms. The summed E-state index contributed by atoms with van der Waals surface area (Å²) in [5, 5.41) is 25.7. The molecule has 0 aliphatic carbocycles. The fraction of sp³-hybridized carbons (Fsp3) is 0.120. The number of halogens is 1. The third-order valence-corrected chi connectivity index (χ3v) is 6.84. The number of hydrogen-bond donors (Lipinski definition) is 1. The summed E-state index contributed by atoms with van der Waals surface area (Å²) in [5.41, 5.74) is 1.48. The van der Waals surface area contributed by atoms with Gasteiger partial charge in [0.25, 0.3) is 11.6 Å². The third-order valence-electron chi connectivity index (χ3n) is 5.34. The quantitative estimate of drug-likeness (QED) is 0.175. The number of rotatable bonds is 8. The van der Waals surface area contributed by atoms with Crippen molar-refractivity contribution >= 4 is 61.9 Å². The van der Waals surface area contributed by atoms with E-state index >= 15 is 0 Å². The lowest BCUT2D eigenvalue weighted by atomic mass is 10.1. The molecule has 1 aliphatic rings. The van der Waals surface area contributed by atoms with Gasteiger partial charge in [-0.1, -0.05) is 19.1 Å². The van der Waals surface area contributed by atoms with E-state index in [-0.39, 0.29) is 23.2 Å². The minimum absolute atomic E-state index is 0.118. The molecule has 0 unspecified atom stereocenters. The molecular weight excluding hydrogens is 580 g/mol. The molecule has 1 heterocycles. The van der Waals surface area contributed by atoms with Gasteiger partial charge in [-0.15, -0.1) is 0 Å². The van der Waals surface area contributed by atoms with Crippen molar-refractivity contribution in [2.45, 2.75) is 13.3 Å². The number of nitro groups is 2. The minimum atomic E-state index is -0.769. The van der Waals surface area contributed by atoms with Crippen LogP contribution in [0.15, 0.2) is 69.0 Å². The summed E-state index contributed by atoms with van der Waals surface area (Å²) in [6.45, 7) is 2.07. The van der Waals surface area contributed by atoms with Crippen LogP contribution in [0.2, 0.25) is 0 Å². The number of nitrogens with zero attached hydrogens (tertiary/aromatic N) is 3. The maximum absolute atomic E-state index is 12.5. The van der Waals surface area contributed by atoms with E-state index in [9.17, 15) is 25.0 Å². The number of ether oxygens (including phenoxy) is 2. The van der Waals surface area contributed by atoms with Crippen LogP contribution in [0.1, 0.15) is 18.1 Å². The summed E-state index contributed by atoms with van der Waals surface area (Å²) in [6, 6.07) is 14.1. The first-order valence-electron chi connectivity index (χ1n) is 11.0. The van der Waals surface area contributed by atoms with E-state index in [0.29, 0.717) is 20.1 Å². The van der Waals surface area contributed by atoms with E-state index in [2.05, 4.69) is 33.2 Å². The van der Waals surface area contributed by atoms with E-state index < -0.39 is 21.2 Å². The average Bonchev–Trinajstić information content (AvgIpc) is 3.23. The Labute approximate surface area is 229 Å². The van der Waals surface area contributed by atoms with Gasteiger partial charge >= 0.3 is 5.69 Å². The number of non-ortho nitro benzene ring substituents is 1. The van der Waals surface area contributed by atoms with Crippen LogP contribution < -0.4 is 14.8 Å². The van der Waals surface area contributed by atoms with Gasteiger partial charge < -0.3 is 14.8 Å². The lowest BCUT2D eigenvalue weighted by Crippen LogP contribution is -2.19. The third kappa shape index (κ3) is 6.01. The van der Waals surface area contributed by atoms with Crippen LogP contribution in [0.5, 0.6) is 17.2 Å². The van der Waals surface area contributed by atoms with Crippen LogP contribution in [0, 0.1) is 20.2 Å². The fourth-order valence-corrected chi connectivity index (χ4v) is 4.82. The first kappa shape index (κ1) is 26.8. The molecule has 1 amide bonds. The van der Waals surface area contributed by atoms with Gasteiger partial charge in [0.05, 0.1) is 38.1 Å². The van der Waals surface area contributed by atoms with Gasteiger partial charge in [-0.25, -0.2) is 4.99 Å². The summed E-state index contributed by atoms with van der Waals surface area (Å²) in [7, 11) is 1.39. The molecule has 1 fully saturated rings. The molecule has 3 aromatic rings. The number of hydrogen-bond acceptors (Lipinski definition) is 9. The molecule has 1 saturated heterocycles. The number of carbonyl (C=O) groups is 1. The monoisotopic (exact) mass is 598 g/mol. The number of amides is 1. The summed E-state index contributed by atoms with van der Waals surface area (Å²) >= 11 is 4.57. The number of thioether (sulfide) groups is 1. The molecule has 0 saturated carbocycles. The van der Waals surface area contributed by atoms with Crippen LogP contribution in [0.3, 0.4) is 0 Å². The highest BCUT2D eigenvalue weighted by atomic mass is 79.9. The lowest BCUT2D eigenvalue weighted by Gasteiger charge is -2.13. The Morgan fingerprint density at radius 2 is 1.79 bits per heavy atom. The van der Waals surface area contributed by atoms with Crippen molar-refractivity contribution in [2.75, 3.05) is 7.11 Å². The highest BCUT2D eigenvalue weighted by molar-refractivity contribution is 9.10. The molecule has 0 atom stereocenters. The zero-order chi connectivity index (χ0) is 27.4. The Kier molecular flexibility index (Phi) is 8.08. The molecule has 0 radical (unpaired) electrons. The molecule has 1 aliphatic heterocycles. The predicted molar refractivity (Wildman–Crippen MR) is 147 cm³/mol. The molecule has 1 N–H and O–H groups in total. The summed E-state index contributed by atoms with van der Waals surface area (Å²) < 4.78 is 11.5. The van der Waals surface area contributed by atoms with Gasteiger partial charge in [-0.3, -0.25) is 25.0 Å². The van der Waals surface area contributed by atoms with Gasteiger partial charge in [0.1, 0.15) is 0 Å². The second-order valence-corrected chi connectivity index (χ2v) is 9.69. The first-order valence-corrected chi connectivity index (χ1v) is 12.7. The molecule has 11 nitrogen and oxygen atoms in total. The highest BCUT2D eigenvalue weighted by Gasteiger charge is 2.26. The first-order chi connectivity index (χ1) is 18.2. The number of carbonyl (C=O) groups excluding carboxylic acids is 1. The zero-order valence-corrected chi connectivity index (χ0v) is 22.4. The maximum Gasteiger partial charge on any atom is 0.318 e. The van der Waals surface area contributed by atoms with Gasteiger partial charge in [0.15, 0.2) is 16.7 Å². The van der Waals surface area contributed by atoms with Crippen molar-refractivity contribution in [3.8, 4) is 17.2 Å². The van der Waals surface area contributed by atoms with Crippen LogP contribution >= 0.6 is 27.7 Å². The minimum Gasteiger partial charge on any atom is -0.493 e. The predicted octanol–water partition coefficient (Wildman–Crippen LogP) is 6.52. The number of nitrogens with one attached hydrogen (secondary N) is 1. The van der Waals surface area contributed by atoms with Gasteiger partial charge in [0, 0.05) is 6.07 Å². The number of methoxy groups -OCH3 is 1. The van der Waals surface area contributed by atoms with Crippen molar-refractivity contribution in [1.29, 1.82) is 0 Å². The summed E-state index contributed by atoms with van der Waals surface area (Å²) in [6.07, 6.45) is 2.57. The van der Waals surface area contributed by atoms with Crippen LogP contribution in [-0.4, -0.2) is 28.0 Å².